The van der Waals surface area contributed by atoms with Gasteiger partial charge in [0.15, 0.2) is 23.1 Å². The molecule has 1 aliphatic carbocycles. The second-order valence-electron chi connectivity index (χ2n) is 4.78. The summed E-state index contributed by atoms with van der Waals surface area (Å²) in [4.78, 5) is 23.2. The largest absolute Gasteiger partial charge is 0.744 e. The van der Waals surface area contributed by atoms with E-state index in [0.717, 1.165) is 0 Å². The zero-order valence-electron chi connectivity index (χ0n) is 11.1. The predicted molar refractivity (Wildman–Crippen MR) is 79.4 cm³/mol. The molecule has 0 heterocycles. The van der Waals surface area contributed by atoms with Gasteiger partial charge in [0.05, 0.1) is 11.1 Å². The van der Waals surface area contributed by atoms with E-state index >= 15 is 0 Å². The second-order valence-corrected chi connectivity index (χ2v) is 6.10. The molecule has 0 aliphatic heterocycles. The van der Waals surface area contributed by atoms with Gasteiger partial charge in [-0.25, -0.2) is 8.42 Å². The Kier molecular flexibility index (Phi) is 3.87. The van der Waals surface area contributed by atoms with E-state index < -0.39 is 55.0 Å². The lowest BCUT2D eigenvalue weighted by Crippen LogP contribution is -2.22. The van der Waals surface area contributed by atoms with Crippen LogP contribution in [0.5, 0.6) is 17.2 Å². The van der Waals surface area contributed by atoms with Crippen LogP contribution in [0.3, 0.4) is 0 Å². The second kappa shape index (κ2) is 5.32. The van der Waals surface area contributed by atoms with Gasteiger partial charge >= 0.3 is 0 Å². The fourth-order valence-corrected chi connectivity index (χ4v) is 3.19. The van der Waals surface area contributed by atoms with Gasteiger partial charge in [0, 0.05) is 11.1 Å². The van der Waals surface area contributed by atoms with Crippen molar-refractivity contribution in [2.45, 2.75) is 12.3 Å². The number of aromatic hydroxyl groups is 3. The van der Waals surface area contributed by atoms with Crippen molar-refractivity contribution < 1.29 is 37.9 Å². The molecule has 0 spiro atoms. The smallest absolute Gasteiger partial charge is 0.198 e. The Labute approximate surface area is 136 Å². The number of hydrogen-bond acceptors (Lipinski definition) is 8. The summed E-state index contributed by atoms with van der Waals surface area (Å²) in [6.07, 6.45) is 0. The minimum absolute atomic E-state index is 0. The molecule has 0 amide bonds. The molecule has 3 rings (SSSR count). The maximum Gasteiger partial charge on any atom is 0.198 e. The number of fused-ring (bicyclic) bond motifs is 2. The summed E-state index contributed by atoms with van der Waals surface area (Å²) in [5.41, 5.74) is -1.80. The number of rotatable bonds is 1. The number of phenols is 3. The van der Waals surface area contributed by atoms with Crippen LogP contribution in [0.25, 0.3) is 0 Å². The van der Waals surface area contributed by atoms with E-state index in [1.165, 1.54) is 24.3 Å². The number of benzene rings is 2. The highest BCUT2D eigenvalue weighted by molar-refractivity contribution is 7.86. The first-order chi connectivity index (χ1) is 10.7. The highest BCUT2D eigenvalue weighted by Gasteiger charge is 2.38. The molecule has 0 fully saturated rings. The molecule has 0 saturated heterocycles. The molecule has 24 heavy (non-hydrogen) atoms. The summed E-state index contributed by atoms with van der Waals surface area (Å²) < 4.78 is 33.5. The predicted octanol–water partition coefficient (Wildman–Crippen LogP) is 1.12. The van der Waals surface area contributed by atoms with Crippen molar-refractivity contribution in [2.75, 3.05) is 0 Å². The Bertz CT molecular complexity index is 1000. The average Bonchev–Trinajstić information content (AvgIpc) is 2.47. The van der Waals surface area contributed by atoms with Crippen molar-refractivity contribution in [1.82, 2.24) is 0 Å². The highest BCUT2D eigenvalue weighted by Crippen LogP contribution is 2.48. The molecule has 0 unspecified atom stereocenters. The van der Waals surface area contributed by atoms with E-state index in [1.807, 2.05) is 0 Å². The Morgan fingerprint density at radius 3 is 1.62 bits per heavy atom. The number of ketones is 2. The first kappa shape index (κ1) is 17.4. The molecule has 9 heteroatoms. The van der Waals surface area contributed by atoms with E-state index in [1.54, 1.807) is 0 Å². The van der Waals surface area contributed by atoms with Crippen LogP contribution in [0.2, 0.25) is 0 Å². The van der Waals surface area contributed by atoms with Gasteiger partial charge in [-0.15, -0.1) is 0 Å². The molecule has 0 bridgehead atoms. The van der Waals surface area contributed by atoms with E-state index in [2.05, 4.69) is 0 Å². The first-order valence-electron chi connectivity index (χ1n) is 6.11. The van der Waals surface area contributed by atoms with Gasteiger partial charge in [0.1, 0.15) is 20.8 Å². The van der Waals surface area contributed by atoms with Crippen molar-refractivity contribution in [3.8, 4) is 17.2 Å². The third-order valence-electron chi connectivity index (χ3n) is 3.50. The summed E-state index contributed by atoms with van der Waals surface area (Å²) in [5, 5.41) is 29.5. The topological polar surface area (TPSA) is 152 Å². The minimum atomic E-state index is -5.41. The fourth-order valence-electron chi connectivity index (χ4n) is 2.52. The van der Waals surface area contributed by atoms with Crippen molar-refractivity contribution in [2.24, 2.45) is 0 Å². The molecular formula is C15H11O8S-. The lowest BCUT2D eigenvalue weighted by molar-refractivity contribution is 0.0972. The normalized spacial score (nSPS) is 13.0. The Morgan fingerprint density at radius 2 is 1.21 bits per heavy atom. The Balaban J connectivity index is 0.00000208. The maximum absolute atomic E-state index is 12.4. The molecule has 8 nitrogen and oxygen atoms in total. The lowest BCUT2D eigenvalue weighted by atomic mass is 9.83. The quantitative estimate of drug-likeness (QED) is 0.335. The summed E-state index contributed by atoms with van der Waals surface area (Å²) in [5.74, 6) is -5.93. The molecular weight excluding hydrogens is 340 g/mol. The number of carbonyl (C=O) groups excluding carboxylic acids is 2. The highest BCUT2D eigenvalue weighted by atomic mass is 32.2. The van der Waals surface area contributed by atoms with Crippen molar-refractivity contribution in [3.63, 3.8) is 0 Å². The van der Waals surface area contributed by atoms with Crippen molar-refractivity contribution in [3.05, 3.63) is 46.5 Å². The molecule has 126 valence electrons. The molecule has 0 saturated carbocycles. The lowest BCUT2D eigenvalue weighted by Gasteiger charge is -2.22. The molecule has 0 aromatic heterocycles. The van der Waals surface area contributed by atoms with E-state index in [-0.39, 0.29) is 18.6 Å². The van der Waals surface area contributed by atoms with Crippen molar-refractivity contribution in [1.29, 1.82) is 0 Å². The summed E-state index contributed by atoms with van der Waals surface area (Å²) in [6.45, 7) is 0. The van der Waals surface area contributed by atoms with E-state index in [4.69, 9.17) is 0 Å². The van der Waals surface area contributed by atoms with Crippen LogP contribution >= 0.6 is 0 Å². The standard InChI is InChI=1S/C14H8O8S.CH4/c15-9-5-3-1-2-4-6(5)10(16)8-7(9)11(17)13(19)14(12(8)18)23(20,21)22;/h1-4,17-19H,(H,20,21,22);1H4/p-1. The van der Waals surface area contributed by atoms with E-state index in [9.17, 15) is 37.9 Å². The SMILES string of the molecule is C.O=C1c2ccccc2C(=O)c2c(O)c(S(=O)(=O)[O-])c(O)c(O)c21. The van der Waals surface area contributed by atoms with Gasteiger partial charge in [0.25, 0.3) is 0 Å². The van der Waals surface area contributed by atoms with Gasteiger partial charge in [-0.1, -0.05) is 31.7 Å². The Morgan fingerprint density at radius 1 is 0.792 bits per heavy atom. The van der Waals surface area contributed by atoms with E-state index in [0.29, 0.717) is 0 Å². The average molecular weight is 351 g/mol. The van der Waals surface area contributed by atoms with Crippen LogP contribution in [0.1, 0.15) is 39.3 Å². The van der Waals surface area contributed by atoms with Gasteiger partial charge in [-0.3, -0.25) is 9.59 Å². The van der Waals surface area contributed by atoms with Crippen molar-refractivity contribution >= 4 is 21.7 Å². The maximum atomic E-state index is 12.4. The molecule has 1 aliphatic rings. The summed E-state index contributed by atoms with van der Waals surface area (Å²) >= 11 is 0. The zero-order valence-corrected chi connectivity index (χ0v) is 11.9. The molecule has 2 aromatic rings. The van der Waals surface area contributed by atoms with Gasteiger partial charge in [-0.05, 0) is 0 Å². The molecule has 0 radical (unpaired) electrons. The first-order valence-corrected chi connectivity index (χ1v) is 7.52. The number of carbonyl (C=O) groups is 2. The summed E-state index contributed by atoms with van der Waals surface area (Å²) in [7, 11) is -5.41. The number of hydrogen-bond donors (Lipinski definition) is 3. The monoisotopic (exact) mass is 351 g/mol. The van der Waals surface area contributed by atoms with Crippen LogP contribution in [0, 0.1) is 0 Å². The minimum Gasteiger partial charge on any atom is -0.744 e. The van der Waals surface area contributed by atoms with Crippen LogP contribution in [0.15, 0.2) is 29.2 Å². The zero-order chi connectivity index (χ0) is 17.1. The van der Waals surface area contributed by atoms with Gasteiger partial charge < -0.3 is 19.9 Å². The summed E-state index contributed by atoms with van der Waals surface area (Å²) in [6, 6.07) is 5.47. The third kappa shape index (κ3) is 2.14. The van der Waals surface area contributed by atoms with Gasteiger partial charge in [-0.2, -0.15) is 0 Å². The van der Waals surface area contributed by atoms with Crippen LogP contribution in [-0.2, 0) is 10.1 Å². The molecule has 2 aromatic carbocycles. The number of phenolic OH excluding ortho intramolecular Hbond substituents is 3. The fraction of sp³-hybridized carbons (Fsp3) is 0.0667. The third-order valence-corrected chi connectivity index (χ3v) is 4.39. The Hall–Kier alpha value is -2.91. The molecule has 3 N–H and O–H groups in total. The van der Waals surface area contributed by atoms with Gasteiger partial charge in [0.2, 0.25) is 0 Å². The van der Waals surface area contributed by atoms with Crippen LogP contribution < -0.4 is 0 Å². The van der Waals surface area contributed by atoms with Crippen LogP contribution in [-0.4, -0.2) is 39.9 Å². The van der Waals surface area contributed by atoms with Crippen LogP contribution in [0.4, 0.5) is 0 Å². The molecule has 0 atom stereocenters.